The van der Waals surface area contributed by atoms with Crippen molar-refractivity contribution < 1.29 is 42.4 Å². The summed E-state index contributed by atoms with van der Waals surface area (Å²) in [5.41, 5.74) is 1.88. The van der Waals surface area contributed by atoms with Crippen LogP contribution in [0.3, 0.4) is 0 Å². The standard InChI is InChI=1S/C21H20F2O7/c1-26-18-16(30-20(22)23)5-4-14(17(18)29-11-21(8-24)9-27-10-21)12-2-3-15-13(6-12)7-28-19(15)25/h2-6,20,24H,7-11H2,1H3. The van der Waals surface area contributed by atoms with Crippen molar-refractivity contribution in [2.75, 3.05) is 33.5 Å². The van der Waals surface area contributed by atoms with Crippen molar-refractivity contribution in [3.63, 3.8) is 0 Å². The van der Waals surface area contributed by atoms with E-state index >= 15 is 0 Å². The van der Waals surface area contributed by atoms with Crippen LogP contribution in [0.25, 0.3) is 11.1 Å². The van der Waals surface area contributed by atoms with Crippen LogP contribution in [0.15, 0.2) is 30.3 Å². The molecule has 9 heteroatoms. The van der Waals surface area contributed by atoms with Gasteiger partial charge in [0.1, 0.15) is 13.2 Å². The Morgan fingerprint density at radius 2 is 1.93 bits per heavy atom. The molecular weight excluding hydrogens is 402 g/mol. The Hall–Kier alpha value is -2.91. The van der Waals surface area contributed by atoms with Gasteiger partial charge in [0.25, 0.3) is 0 Å². The van der Waals surface area contributed by atoms with Gasteiger partial charge in [-0.15, -0.1) is 0 Å². The molecule has 2 aliphatic rings. The van der Waals surface area contributed by atoms with Crippen molar-refractivity contribution in [1.82, 2.24) is 0 Å². The number of carbonyl (C=O) groups excluding carboxylic acids is 1. The molecule has 160 valence electrons. The molecule has 1 saturated heterocycles. The van der Waals surface area contributed by atoms with Gasteiger partial charge in [0.15, 0.2) is 11.5 Å². The monoisotopic (exact) mass is 422 g/mol. The number of aliphatic hydroxyl groups excluding tert-OH is 1. The SMILES string of the molecule is COc1c(OC(F)F)ccc(-c2ccc3c(c2)COC3=O)c1OCC1(CO)COC1. The Bertz CT molecular complexity index is 951. The zero-order valence-electron chi connectivity index (χ0n) is 16.2. The molecule has 2 aromatic rings. The van der Waals surface area contributed by atoms with Crippen molar-refractivity contribution >= 4 is 5.97 Å². The van der Waals surface area contributed by atoms with Gasteiger partial charge in [0, 0.05) is 11.1 Å². The predicted octanol–water partition coefficient (Wildman–Crippen LogP) is 3.02. The summed E-state index contributed by atoms with van der Waals surface area (Å²) in [6, 6.07) is 8.10. The Kier molecular flexibility index (Phi) is 5.48. The summed E-state index contributed by atoms with van der Waals surface area (Å²) in [6.07, 6.45) is 0. The molecule has 0 aliphatic carbocycles. The number of hydrogen-bond donors (Lipinski definition) is 1. The maximum absolute atomic E-state index is 12.9. The lowest BCUT2D eigenvalue weighted by atomic mass is 9.88. The molecule has 2 aliphatic heterocycles. The summed E-state index contributed by atoms with van der Waals surface area (Å²) in [5.74, 6) is -0.357. The molecule has 7 nitrogen and oxygen atoms in total. The Morgan fingerprint density at radius 3 is 2.57 bits per heavy atom. The van der Waals surface area contributed by atoms with Crippen LogP contribution in [0, 0.1) is 5.41 Å². The van der Waals surface area contributed by atoms with Gasteiger partial charge < -0.3 is 28.8 Å². The number of methoxy groups -OCH3 is 1. The summed E-state index contributed by atoms with van der Waals surface area (Å²) in [7, 11) is 1.33. The highest BCUT2D eigenvalue weighted by atomic mass is 19.3. The number of ether oxygens (including phenoxy) is 5. The van der Waals surface area contributed by atoms with E-state index in [9.17, 15) is 18.7 Å². The average molecular weight is 422 g/mol. The minimum atomic E-state index is -3.04. The highest BCUT2D eigenvalue weighted by Gasteiger charge is 2.39. The van der Waals surface area contributed by atoms with E-state index in [1.807, 2.05) is 0 Å². The first-order valence-electron chi connectivity index (χ1n) is 9.24. The maximum Gasteiger partial charge on any atom is 0.387 e. The third-order valence-electron chi connectivity index (χ3n) is 5.17. The second-order valence-electron chi connectivity index (χ2n) is 7.24. The molecular formula is C21H20F2O7. The van der Waals surface area contributed by atoms with Gasteiger partial charge in [-0.25, -0.2) is 4.79 Å². The number of benzene rings is 2. The molecule has 0 spiro atoms. The molecule has 0 radical (unpaired) electrons. The summed E-state index contributed by atoms with van der Waals surface area (Å²) >= 11 is 0. The van der Waals surface area contributed by atoms with Crippen LogP contribution in [0.5, 0.6) is 17.2 Å². The van der Waals surface area contributed by atoms with Crippen LogP contribution in [-0.4, -0.2) is 51.2 Å². The normalized spacial score (nSPS) is 16.6. The quantitative estimate of drug-likeness (QED) is 0.655. The van der Waals surface area contributed by atoms with Gasteiger partial charge in [-0.2, -0.15) is 8.78 Å². The van der Waals surface area contributed by atoms with Crippen molar-refractivity contribution in [2.45, 2.75) is 13.2 Å². The molecule has 0 atom stereocenters. The topological polar surface area (TPSA) is 83.5 Å². The number of alkyl halides is 2. The Labute approximate surface area is 171 Å². The molecule has 30 heavy (non-hydrogen) atoms. The Balaban J connectivity index is 1.76. The van der Waals surface area contributed by atoms with Crippen molar-refractivity contribution in [3.8, 4) is 28.4 Å². The predicted molar refractivity (Wildman–Crippen MR) is 100 cm³/mol. The van der Waals surface area contributed by atoms with E-state index in [-0.39, 0.29) is 43.0 Å². The third kappa shape index (κ3) is 3.66. The third-order valence-corrected chi connectivity index (χ3v) is 5.17. The fourth-order valence-electron chi connectivity index (χ4n) is 3.43. The smallest absolute Gasteiger partial charge is 0.387 e. The van der Waals surface area contributed by atoms with Crippen LogP contribution < -0.4 is 14.2 Å². The number of carbonyl (C=O) groups is 1. The maximum atomic E-state index is 12.9. The Morgan fingerprint density at radius 1 is 1.17 bits per heavy atom. The molecule has 0 amide bonds. The summed E-state index contributed by atoms with van der Waals surface area (Å²) in [5, 5.41) is 9.67. The number of esters is 1. The van der Waals surface area contributed by atoms with E-state index < -0.39 is 12.0 Å². The molecule has 0 saturated carbocycles. The number of rotatable bonds is 8. The van der Waals surface area contributed by atoms with E-state index in [0.717, 1.165) is 5.56 Å². The van der Waals surface area contributed by atoms with Gasteiger partial charge in [-0.05, 0) is 29.8 Å². The molecule has 1 fully saturated rings. The van der Waals surface area contributed by atoms with Gasteiger partial charge in [0.2, 0.25) is 5.75 Å². The highest BCUT2D eigenvalue weighted by molar-refractivity contribution is 5.94. The van der Waals surface area contributed by atoms with Crippen LogP contribution in [-0.2, 0) is 16.1 Å². The van der Waals surface area contributed by atoms with Crippen LogP contribution in [0.2, 0.25) is 0 Å². The van der Waals surface area contributed by atoms with Gasteiger partial charge in [0.05, 0.1) is 37.9 Å². The molecule has 0 bridgehead atoms. The van der Waals surface area contributed by atoms with E-state index in [4.69, 9.17) is 18.9 Å². The summed E-state index contributed by atoms with van der Waals surface area (Å²) in [4.78, 5) is 11.7. The first-order chi connectivity index (χ1) is 14.5. The minimum Gasteiger partial charge on any atom is -0.490 e. The molecule has 1 N–H and O–H groups in total. The van der Waals surface area contributed by atoms with Crippen LogP contribution in [0.1, 0.15) is 15.9 Å². The number of hydrogen-bond acceptors (Lipinski definition) is 7. The first-order valence-corrected chi connectivity index (χ1v) is 9.24. The zero-order valence-corrected chi connectivity index (χ0v) is 16.2. The number of halogens is 2. The van der Waals surface area contributed by atoms with Crippen molar-refractivity contribution in [1.29, 1.82) is 0 Å². The molecule has 2 heterocycles. The minimum absolute atomic E-state index is 0.00829. The molecule has 2 aromatic carbocycles. The largest absolute Gasteiger partial charge is 0.490 e. The van der Waals surface area contributed by atoms with Crippen molar-refractivity contribution in [2.24, 2.45) is 5.41 Å². The van der Waals surface area contributed by atoms with Crippen molar-refractivity contribution in [3.05, 3.63) is 41.5 Å². The van der Waals surface area contributed by atoms with E-state index in [1.54, 1.807) is 24.3 Å². The summed E-state index contributed by atoms with van der Waals surface area (Å²) < 4.78 is 51.9. The highest BCUT2D eigenvalue weighted by Crippen LogP contribution is 2.46. The van der Waals surface area contributed by atoms with Crippen LogP contribution in [0.4, 0.5) is 8.78 Å². The van der Waals surface area contributed by atoms with Gasteiger partial charge in [-0.3, -0.25) is 0 Å². The van der Waals surface area contributed by atoms with Gasteiger partial charge >= 0.3 is 12.6 Å². The summed E-state index contributed by atoms with van der Waals surface area (Å²) in [6.45, 7) is -2.27. The van der Waals surface area contributed by atoms with E-state index in [0.29, 0.717) is 29.9 Å². The lowest BCUT2D eigenvalue weighted by molar-refractivity contribution is -0.153. The second-order valence-corrected chi connectivity index (χ2v) is 7.24. The number of cyclic esters (lactones) is 1. The molecule has 4 rings (SSSR count). The fourth-order valence-corrected chi connectivity index (χ4v) is 3.43. The molecule has 0 aromatic heterocycles. The first kappa shape index (κ1) is 20.4. The number of aliphatic hydroxyl groups is 1. The second kappa shape index (κ2) is 8.08. The molecule has 0 unspecified atom stereocenters. The van der Waals surface area contributed by atoms with Gasteiger partial charge in [-0.1, -0.05) is 6.07 Å². The fraction of sp³-hybridized carbons (Fsp3) is 0.381. The average Bonchev–Trinajstić information content (AvgIpc) is 3.07. The van der Waals surface area contributed by atoms with E-state index in [1.165, 1.54) is 13.2 Å². The van der Waals surface area contributed by atoms with E-state index in [2.05, 4.69) is 4.74 Å². The lowest BCUT2D eigenvalue weighted by Crippen LogP contribution is -2.50. The lowest BCUT2D eigenvalue weighted by Gasteiger charge is -2.39. The van der Waals surface area contributed by atoms with Crippen LogP contribution >= 0.6 is 0 Å². The zero-order chi connectivity index (χ0) is 21.3. The number of fused-ring (bicyclic) bond motifs is 1.